The molecule has 3 heteroatoms. The molecule has 137 valence electrons. The average molecular weight is 425 g/mol. The van der Waals surface area contributed by atoms with E-state index in [0.717, 1.165) is 12.8 Å². The van der Waals surface area contributed by atoms with Gasteiger partial charge in [-0.2, -0.15) is 18.1 Å². The van der Waals surface area contributed by atoms with Crippen LogP contribution in [0, 0.1) is 11.8 Å². The molecule has 2 nitrogen and oxygen atoms in total. The van der Waals surface area contributed by atoms with E-state index < -0.39 is 0 Å². The zero-order valence-electron chi connectivity index (χ0n) is 15.9. The molecule has 0 spiro atoms. The van der Waals surface area contributed by atoms with Crippen molar-refractivity contribution in [3.63, 3.8) is 0 Å². The predicted molar refractivity (Wildman–Crippen MR) is 104 cm³/mol. The van der Waals surface area contributed by atoms with Crippen LogP contribution in [0.1, 0.15) is 64.0 Å². The second-order valence-electron chi connectivity index (χ2n) is 6.82. The molecule has 0 fully saturated rings. The molecular formula is C22H30N2Rh. The maximum atomic E-state index is 2.46. The Hall–Kier alpha value is -1.21. The van der Waals surface area contributed by atoms with Crippen molar-refractivity contribution in [1.29, 1.82) is 0 Å². The zero-order valence-corrected chi connectivity index (χ0v) is 17.5. The van der Waals surface area contributed by atoms with Gasteiger partial charge < -0.3 is 21.6 Å². The standard InChI is InChI=1S/C22H30N2.Rh/c1-5-8-9-11-17-12-13-19-18(7-3)20(10-6-2)22-23(4)14-15-24(22)21(19)16-17;/h9,11-16,22H,5-8,10H2,1-4H3;/q-2;+2/b11-9-;. The first-order valence-electron chi connectivity index (χ1n) is 9.42. The summed E-state index contributed by atoms with van der Waals surface area (Å²) in [7, 11) is 2.19. The van der Waals surface area contributed by atoms with Crippen LogP contribution in [0.3, 0.4) is 0 Å². The molecule has 1 radical (unpaired) electrons. The third-order valence-corrected chi connectivity index (χ3v) is 5.07. The Bertz CT molecular complexity index is 622. The fourth-order valence-electron chi connectivity index (χ4n) is 3.96. The van der Waals surface area contributed by atoms with E-state index >= 15 is 0 Å². The van der Waals surface area contributed by atoms with Gasteiger partial charge in [0.15, 0.2) is 0 Å². The SMILES string of the molecule is CCC/C=C\c1ccc2c(c1)N1C=CN(C)C1[C-](CCC)[C-]2CC.[Rh+2]. The number of anilines is 1. The van der Waals surface area contributed by atoms with E-state index in [1.54, 1.807) is 11.8 Å². The van der Waals surface area contributed by atoms with Gasteiger partial charge in [0.1, 0.15) is 0 Å². The molecule has 0 saturated carbocycles. The Labute approximate surface area is 166 Å². The minimum Gasteiger partial charge on any atom is -0.407 e. The minimum absolute atomic E-state index is 0. The van der Waals surface area contributed by atoms with Crippen LogP contribution in [0.5, 0.6) is 0 Å². The fourth-order valence-corrected chi connectivity index (χ4v) is 3.96. The van der Waals surface area contributed by atoms with Gasteiger partial charge in [0.25, 0.3) is 0 Å². The van der Waals surface area contributed by atoms with Gasteiger partial charge in [-0.15, -0.1) is 12.5 Å². The number of hydrogen-bond acceptors (Lipinski definition) is 2. The van der Waals surface area contributed by atoms with E-state index in [4.69, 9.17) is 0 Å². The smallest absolute Gasteiger partial charge is 0.407 e. The van der Waals surface area contributed by atoms with Crippen molar-refractivity contribution < 1.29 is 19.5 Å². The zero-order chi connectivity index (χ0) is 17.1. The molecule has 1 aromatic carbocycles. The van der Waals surface area contributed by atoms with Gasteiger partial charge in [-0.25, -0.2) is 0 Å². The Morgan fingerprint density at radius 2 is 1.92 bits per heavy atom. The van der Waals surface area contributed by atoms with Gasteiger partial charge in [-0.1, -0.05) is 57.5 Å². The minimum atomic E-state index is 0. The molecule has 1 aromatic rings. The van der Waals surface area contributed by atoms with Gasteiger partial charge >= 0.3 is 19.5 Å². The van der Waals surface area contributed by atoms with Gasteiger partial charge in [-0.3, -0.25) is 0 Å². The van der Waals surface area contributed by atoms with Crippen LogP contribution in [0.15, 0.2) is 36.7 Å². The Kier molecular flexibility index (Phi) is 7.19. The number of unbranched alkanes of at least 4 members (excludes halogenated alkanes) is 1. The molecule has 3 rings (SSSR count). The summed E-state index contributed by atoms with van der Waals surface area (Å²) in [4.78, 5) is 4.81. The van der Waals surface area contributed by atoms with Crippen LogP contribution >= 0.6 is 0 Å². The summed E-state index contributed by atoms with van der Waals surface area (Å²) < 4.78 is 0. The molecular weight excluding hydrogens is 395 g/mol. The van der Waals surface area contributed by atoms with E-state index in [-0.39, 0.29) is 19.5 Å². The molecule has 0 aromatic heterocycles. The molecule has 0 saturated heterocycles. The first kappa shape index (κ1) is 20.1. The van der Waals surface area contributed by atoms with E-state index in [0.29, 0.717) is 6.17 Å². The summed E-state index contributed by atoms with van der Waals surface area (Å²) in [6.07, 6.45) is 15.2. The molecule has 1 atom stereocenters. The number of fused-ring (bicyclic) bond motifs is 3. The van der Waals surface area contributed by atoms with E-state index in [1.807, 2.05) is 0 Å². The van der Waals surface area contributed by atoms with Crippen molar-refractivity contribution in [3.05, 3.63) is 59.6 Å². The van der Waals surface area contributed by atoms with Crippen molar-refractivity contribution >= 4 is 11.8 Å². The van der Waals surface area contributed by atoms with Gasteiger partial charge in [0.2, 0.25) is 0 Å². The topological polar surface area (TPSA) is 6.48 Å². The fraction of sp³-hybridized carbons (Fsp3) is 0.455. The Morgan fingerprint density at radius 1 is 1.12 bits per heavy atom. The summed E-state index contributed by atoms with van der Waals surface area (Å²) >= 11 is 0. The quantitative estimate of drug-likeness (QED) is 0.422. The van der Waals surface area contributed by atoms with Crippen LogP contribution in [0.2, 0.25) is 0 Å². The van der Waals surface area contributed by atoms with Crippen molar-refractivity contribution in [2.24, 2.45) is 0 Å². The van der Waals surface area contributed by atoms with Gasteiger partial charge in [0.05, 0.1) is 0 Å². The van der Waals surface area contributed by atoms with Gasteiger partial charge in [0, 0.05) is 19.4 Å². The number of benzene rings is 1. The van der Waals surface area contributed by atoms with Crippen LogP contribution < -0.4 is 4.90 Å². The summed E-state index contributed by atoms with van der Waals surface area (Å²) in [5.74, 6) is 3.14. The first-order valence-corrected chi connectivity index (χ1v) is 9.42. The average Bonchev–Trinajstić information content (AvgIpc) is 2.98. The molecule has 2 aliphatic heterocycles. The third-order valence-electron chi connectivity index (χ3n) is 5.07. The summed E-state index contributed by atoms with van der Waals surface area (Å²) in [6.45, 7) is 6.80. The van der Waals surface area contributed by atoms with Crippen molar-refractivity contribution in [2.45, 2.75) is 59.0 Å². The number of hydrogen-bond donors (Lipinski definition) is 0. The molecule has 1 unspecified atom stereocenters. The second kappa shape index (κ2) is 8.94. The van der Waals surface area contributed by atoms with Crippen LogP contribution in [-0.2, 0) is 19.5 Å². The van der Waals surface area contributed by atoms with E-state index in [1.165, 1.54) is 36.1 Å². The molecule has 2 aliphatic rings. The number of nitrogens with zero attached hydrogens (tertiary/aromatic N) is 2. The second-order valence-corrected chi connectivity index (χ2v) is 6.82. The summed E-state index contributed by atoms with van der Waals surface area (Å²) in [6, 6.07) is 6.96. The molecule has 0 N–H and O–H groups in total. The molecule has 0 bridgehead atoms. The molecule has 25 heavy (non-hydrogen) atoms. The van der Waals surface area contributed by atoms with Crippen molar-refractivity contribution in [1.82, 2.24) is 4.90 Å². The van der Waals surface area contributed by atoms with Gasteiger partial charge in [-0.05, 0) is 18.2 Å². The summed E-state index contributed by atoms with van der Waals surface area (Å²) in [5, 5.41) is 0. The number of rotatable bonds is 6. The van der Waals surface area contributed by atoms with E-state index in [9.17, 15) is 0 Å². The molecule has 2 heterocycles. The monoisotopic (exact) mass is 425 g/mol. The Balaban J connectivity index is 0.00000225. The van der Waals surface area contributed by atoms with E-state index in [2.05, 4.69) is 80.4 Å². The maximum Gasteiger partial charge on any atom is 2.00 e. The first-order chi connectivity index (χ1) is 11.7. The maximum absolute atomic E-state index is 2.46. The molecule has 0 amide bonds. The normalized spacial score (nSPS) is 19.4. The van der Waals surface area contributed by atoms with Crippen LogP contribution in [0.4, 0.5) is 5.69 Å². The van der Waals surface area contributed by atoms with Crippen molar-refractivity contribution in [2.75, 3.05) is 11.9 Å². The Morgan fingerprint density at radius 3 is 2.60 bits per heavy atom. The summed E-state index contributed by atoms with van der Waals surface area (Å²) in [5.41, 5.74) is 4.08. The third kappa shape index (κ3) is 3.82. The number of allylic oxidation sites excluding steroid dienone is 1. The van der Waals surface area contributed by atoms with Crippen LogP contribution in [-0.4, -0.2) is 18.1 Å². The van der Waals surface area contributed by atoms with Crippen molar-refractivity contribution in [3.8, 4) is 0 Å². The molecule has 0 aliphatic carbocycles. The van der Waals surface area contributed by atoms with Crippen LogP contribution in [0.25, 0.3) is 6.08 Å². The predicted octanol–water partition coefficient (Wildman–Crippen LogP) is 5.77. The largest absolute Gasteiger partial charge is 2.00 e.